The summed E-state index contributed by atoms with van der Waals surface area (Å²) in [6, 6.07) is 0. The molecule has 0 spiro atoms. The van der Waals surface area contributed by atoms with Crippen LogP contribution in [0.15, 0.2) is 6.20 Å². The molecule has 0 radical (unpaired) electrons. The first-order chi connectivity index (χ1) is 9.65. The largest absolute Gasteiger partial charge is 0.462 e. The standard InChI is InChI=1S/C15H21ClN2O2/c1-3-20-15(19)12-9-17-14(18-13(12)8-16)11-6-4-5-10(2)7-11/h9-11H,3-8H2,1-2H3. The van der Waals surface area contributed by atoms with Gasteiger partial charge in [-0.05, 0) is 25.7 Å². The van der Waals surface area contributed by atoms with Crippen LogP contribution in [0.3, 0.4) is 0 Å². The number of halogens is 1. The van der Waals surface area contributed by atoms with E-state index in [9.17, 15) is 4.79 Å². The predicted octanol–water partition coefficient (Wildman–Crippen LogP) is 3.69. The van der Waals surface area contributed by atoms with Gasteiger partial charge in [0, 0.05) is 12.1 Å². The van der Waals surface area contributed by atoms with Crippen molar-refractivity contribution >= 4 is 17.6 Å². The third kappa shape index (κ3) is 3.48. The molecule has 110 valence electrons. The second kappa shape index (κ2) is 7.02. The van der Waals surface area contributed by atoms with Gasteiger partial charge in [0.15, 0.2) is 0 Å². The number of hydrogen-bond acceptors (Lipinski definition) is 4. The highest BCUT2D eigenvalue weighted by molar-refractivity contribution is 6.17. The average molecular weight is 297 g/mol. The zero-order chi connectivity index (χ0) is 14.5. The smallest absolute Gasteiger partial charge is 0.341 e. The maximum atomic E-state index is 11.8. The first kappa shape index (κ1) is 15.2. The molecule has 5 heteroatoms. The molecule has 2 rings (SSSR count). The molecule has 2 atom stereocenters. The van der Waals surface area contributed by atoms with Crippen LogP contribution in [0.2, 0.25) is 0 Å². The molecule has 0 bridgehead atoms. The minimum Gasteiger partial charge on any atom is -0.462 e. The molecule has 1 aromatic heterocycles. The van der Waals surface area contributed by atoms with Gasteiger partial charge in [-0.15, -0.1) is 11.6 Å². The molecule has 0 N–H and O–H groups in total. The number of rotatable bonds is 4. The van der Waals surface area contributed by atoms with Crippen molar-refractivity contribution in [2.75, 3.05) is 6.61 Å². The third-order valence-electron chi connectivity index (χ3n) is 3.81. The zero-order valence-electron chi connectivity index (χ0n) is 12.1. The molecule has 20 heavy (non-hydrogen) atoms. The van der Waals surface area contributed by atoms with Crippen molar-refractivity contribution in [3.63, 3.8) is 0 Å². The van der Waals surface area contributed by atoms with Crippen molar-refractivity contribution < 1.29 is 9.53 Å². The van der Waals surface area contributed by atoms with E-state index in [1.165, 1.54) is 12.8 Å². The second-order valence-corrected chi connectivity index (χ2v) is 5.68. The predicted molar refractivity (Wildman–Crippen MR) is 77.9 cm³/mol. The van der Waals surface area contributed by atoms with E-state index in [1.54, 1.807) is 13.1 Å². The molecule has 1 fully saturated rings. The van der Waals surface area contributed by atoms with Crippen molar-refractivity contribution in [1.82, 2.24) is 9.97 Å². The van der Waals surface area contributed by atoms with E-state index in [4.69, 9.17) is 16.3 Å². The molecule has 1 heterocycles. The minimum atomic E-state index is -0.397. The average Bonchev–Trinajstić information content (AvgIpc) is 2.46. The Hall–Kier alpha value is -1.16. The van der Waals surface area contributed by atoms with Crippen LogP contribution >= 0.6 is 11.6 Å². The molecule has 2 unspecified atom stereocenters. The van der Waals surface area contributed by atoms with Crippen molar-refractivity contribution in [2.45, 2.75) is 51.3 Å². The fraction of sp³-hybridized carbons (Fsp3) is 0.667. The van der Waals surface area contributed by atoms with Gasteiger partial charge < -0.3 is 4.74 Å². The molecule has 1 aromatic rings. The lowest BCUT2D eigenvalue weighted by Crippen LogP contribution is -2.17. The molecular formula is C15H21ClN2O2. The van der Waals surface area contributed by atoms with E-state index < -0.39 is 5.97 Å². The Labute approximate surface area is 124 Å². The lowest BCUT2D eigenvalue weighted by Gasteiger charge is -2.25. The lowest BCUT2D eigenvalue weighted by molar-refractivity contribution is 0.0524. The Kier molecular flexibility index (Phi) is 5.35. The van der Waals surface area contributed by atoms with Crippen LogP contribution in [0, 0.1) is 5.92 Å². The molecule has 0 amide bonds. The first-order valence-corrected chi connectivity index (χ1v) is 7.78. The molecular weight excluding hydrogens is 276 g/mol. The van der Waals surface area contributed by atoms with E-state index in [-0.39, 0.29) is 5.88 Å². The first-order valence-electron chi connectivity index (χ1n) is 7.24. The number of carbonyl (C=O) groups is 1. The summed E-state index contributed by atoms with van der Waals surface area (Å²) in [5.41, 5.74) is 0.961. The number of aromatic nitrogens is 2. The molecule has 1 saturated carbocycles. The summed E-state index contributed by atoms with van der Waals surface area (Å²) in [5.74, 6) is 1.72. The van der Waals surface area contributed by atoms with Crippen LogP contribution in [-0.4, -0.2) is 22.5 Å². The quantitative estimate of drug-likeness (QED) is 0.628. The van der Waals surface area contributed by atoms with Gasteiger partial charge in [-0.3, -0.25) is 0 Å². The summed E-state index contributed by atoms with van der Waals surface area (Å²) < 4.78 is 5.00. The van der Waals surface area contributed by atoms with Crippen molar-refractivity contribution in [3.05, 3.63) is 23.3 Å². The van der Waals surface area contributed by atoms with Crippen LogP contribution < -0.4 is 0 Å². The van der Waals surface area contributed by atoms with Crippen LogP contribution in [0.25, 0.3) is 0 Å². The number of ether oxygens (including phenoxy) is 1. The van der Waals surface area contributed by atoms with Gasteiger partial charge in [0.2, 0.25) is 0 Å². The maximum Gasteiger partial charge on any atom is 0.341 e. The Balaban J connectivity index is 2.22. The van der Waals surface area contributed by atoms with Gasteiger partial charge in [-0.1, -0.05) is 19.8 Å². The summed E-state index contributed by atoms with van der Waals surface area (Å²) >= 11 is 5.92. The van der Waals surface area contributed by atoms with Crippen LogP contribution in [0.4, 0.5) is 0 Å². The Morgan fingerprint density at radius 2 is 2.30 bits per heavy atom. The van der Waals surface area contributed by atoms with Gasteiger partial charge in [0.1, 0.15) is 11.4 Å². The van der Waals surface area contributed by atoms with Crippen LogP contribution in [0.5, 0.6) is 0 Å². The van der Waals surface area contributed by atoms with Gasteiger partial charge in [-0.25, -0.2) is 14.8 Å². The Bertz CT molecular complexity index is 479. The van der Waals surface area contributed by atoms with Gasteiger partial charge in [-0.2, -0.15) is 0 Å². The highest BCUT2D eigenvalue weighted by Crippen LogP contribution is 2.34. The topological polar surface area (TPSA) is 52.1 Å². The highest BCUT2D eigenvalue weighted by Gasteiger charge is 2.24. The van der Waals surface area contributed by atoms with Crippen molar-refractivity contribution in [3.8, 4) is 0 Å². The number of carbonyl (C=O) groups excluding carboxylic acids is 1. The molecule has 0 saturated heterocycles. The SMILES string of the molecule is CCOC(=O)c1cnc(C2CCCC(C)C2)nc1CCl. The van der Waals surface area contributed by atoms with Crippen LogP contribution in [-0.2, 0) is 10.6 Å². The zero-order valence-corrected chi connectivity index (χ0v) is 12.8. The maximum absolute atomic E-state index is 11.8. The van der Waals surface area contributed by atoms with Crippen LogP contribution in [0.1, 0.15) is 67.3 Å². The third-order valence-corrected chi connectivity index (χ3v) is 4.06. The summed E-state index contributed by atoms with van der Waals surface area (Å²) in [4.78, 5) is 20.7. The van der Waals surface area contributed by atoms with E-state index >= 15 is 0 Å². The molecule has 0 aromatic carbocycles. The van der Waals surface area contributed by atoms with Gasteiger partial charge in [0.25, 0.3) is 0 Å². The molecule has 0 aliphatic heterocycles. The minimum absolute atomic E-state index is 0.200. The Morgan fingerprint density at radius 3 is 2.95 bits per heavy atom. The lowest BCUT2D eigenvalue weighted by atomic mass is 9.82. The number of hydrogen-bond donors (Lipinski definition) is 0. The fourth-order valence-corrected chi connectivity index (χ4v) is 2.98. The van der Waals surface area contributed by atoms with E-state index in [0.717, 1.165) is 18.7 Å². The van der Waals surface area contributed by atoms with E-state index in [2.05, 4.69) is 16.9 Å². The number of nitrogens with zero attached hydrogens (tertiary/aromatic N) is 2. The summed E-state index contributed by atoms with van der Waals surface area (Å²) in [5, 5.41) is 0. The summed E-state index contributed by atoms with van der Waals surface area (Å²) in [6.45, 7) is 4.38. The number of alkyl halides is 1. The van der Waals surface area contributed by atoms with Crippen molar-refractivity contribution in [2.24, 2.45) is 5.92 Å². The summed E-state index contributed by atoms with van der Waals surface area (Å²) in [6.07, 6.45) is 6.29. The molecule has 4 nitrogen and oxygen atoms in total. The van der Waals surface area contributed by atoms with Crippen molar-refractivity contribution in [1.29, 1.82) is 0 Å². The summed E-state index contributed by atoms with van der Waals surface area (Å²) in [7, 11) is 0. The highest BCUT2D eigenvalue weighted by atomic mass is 35.5. The molecule has 1 aliphatic rings. The van der Waals surface area contributed by atoms with E-state index in [1.807, 2.05) is 0 Å². The Morgan fingerprint density at radius 1 is 1.50 bits per heavy atom. The van der Waals surface area contributed by atoms with Gasteiger partial charge >= 0.3 is 5.97 Å². The monoisotopic (exact) mass is 296 g/mol. The normalized spacial score (nSPS) is 22.6. The number of esters is 1. The second-order valence-electron chi connectivity index (χ2n) is 5.41. The molecule has 1 aliphatic carbocycles. The van der Waals surface area contributed by atoms with E-state index in [0.29, 0.717) is 29.7 Å². The van der Waals surface area contributed by atoms with Gasteiger partial charge in [0.05, 0.1) is 18.2 Å². The fourth-order valence-electron chi connectivity index (χ4n) is 2.78.